The molecule has 0 saturated heterocycles. The number of aliphatic carboxylic acids is 1. The minimum Gasteiger partial charge on any atom is -0.496 e. The van der Waals surface area contributed by atoms with Crippen molar-refractivity contribution in [3.8, 4) is 17.2 Å². The molecule has 3 N–H and O–H groups in total. The normalized spacial score (nSPS) is 12.2. The van der Waals surface area contributed by atoms with E-state index in [2.05, 4.69) is 10.6 Å². The van der Waals surface area contributed by atoms with Crippen molar-refractivity contribution in [1.82, 2.24) is 10.6 Å². The van der Waals surface area contributed by atoms with Gasteiger partial charge in [-0.25, -0.2) is 4.39 Å². The molecule has 2 atom stereocenters. The number of ketones is 2. The number of ether oxygens (including phenoxy) is 3. The minimum absolute atomic E-state index is 0.0275. The van der Waals surface area contributed by atoms with Gasteiger partial charge in [0.25, 0.3) is 0 Å². The van der Waals surface area contributed by atoms with E-state index in [0.717, 1.165) is 6.07 Å². The summed E-state index contributed by atoms with van der Waals surface area (Å²) in [6.45, 7) is 3.95. The van der Waals surface area contributed by atoms with E-state index in [1.54, 1.807) is 26.0 Å². The highest BCUT2D eigenvalue weighted by Crippen LogP contribution is 2.29. The lowest BCUT2D eigenvalue weighted by atomic mass is 10.0. The molecule has 0 aliphatic heterocycles. The van der Waals surface area contributed by atoms with Gasteiger partial charge in [-0.2, -0.15) is 0 Å². The Hall–Kier alpha value is -4.48. The standard InChI is InChI=1S/C28H33FN2O9/c1-15(2)26(31-24(34)12-18-11-17(16(3)32)9-10-22(18)38-4)28(37)30-20(13-25(35)36)21(33)14-40-27-19(29)7-6-8-23(27)39-5/h6-11,15,20,26H,12-14H2,1-5H3,(H,30,37)(H,31,34)(H,35,36)/t20?,26-/m0/s1. The molecule has 11 nitrogen and oxygen atoms in total. The number of amides is 2. The van der Waals surface area contributed by atoms with Crippen LogP contribution in [0, 0.1) is 11.7 Å². The van der Waals surface area contributed by atoms with E-state index in [1.807, 2.05) is 0 Å². The summed E-state index contributed by atoms with van der Waals surface area (Å²) in [4.78, 5) is 62.0. The van der Waals surface area contributed by atoms with Crippen LogP contribution < -0.4 is 24.8 Å². The third-order valence-corrected chi connectivity index (χ3v) is 5.90. The molecule has 0 bridgehead atoms. The molecule has 2 amide bonds. The first-order valence-corrected chi connectivity index (χ1v) is 12.3. The summed E-state index contributed by atoms with van der Waals surface area (Å²) in [5, 5.41) is 14.3. The van der Waals surface area contributed by atoms with Crippen molar-refractivity contribution in [1.29, 1.82) is 0 Å². The van der Waals surface area contributed by atoms with Gasteiger partial charge in [0.1, 0.15) is 24.4 Å². The van der Waals surface area contributed by atoms with Crippen molar-refractivity contribution in [2.24, 2.45) is 5.92 Å². The molecule has 2 aromatic rings. The van der Waals surface area contributed by atoms with Gasteiger partial charge in [-0.15, -0.1) is 0 Å². The number of carboxylic acids is 1. The second-order valence-corrected chi connectivity index (χ2v) is 9.23. The van der Waals surface area contributed by atoms with E-state index in [1.165, 1.54) is 39.3 Å². The molecule has 0 spiro atoms. The van der Waals surface area contributed by atoms with Crippen LogP contribution in [-0.2, 0) is 25.6 Å². The highest BCUT2D eigenvalue weighted by Gasteiger charge is 2.31. The summed E-state index contributed by atoms with van der Waals surface area (Å²) in [5.74, 6) is -4.94. The van der Waals surface area contributed by atoms with Crippen molar-refractivity contribution in [2.75, 3.05) is 20.8 Å². The van der Waals surface area contributed by atoms with Gasteiger partial charge < -0.3 is 30.0 Å². The Labute approximate surface area is 231 Å². The summed E-state index contributed by atoms with van der Waals surface area (Å²) in [6, 6.07) is 5.90. The lowest BCUT2D eigenvalue weighted by Gasteiger charge is -2.25. The van der Waals surface area contributed by atoms with Gasteiger partial charge in [-0.1, -0.05) is 19.9 Å². The average molecular weight is 561 g/mol. The zero-order valence-electron chi connectivity index (χ0n) is 22.9. The van der Waals surface area contributed by atoms with Gasteiger partial charge in [-0.05, 0) is 43.2 Å². The molecular weight excluding hydrogens is 527 g/mol. The summed E-state index contributed by atoms with van der Waals surface area (Å²) >= 11 is 0. The molecule has 0 fully saturated rings. The Morgan fingerprint density at radius 1 is 0.975 bits per heavy atom. The minimum atomic E-state index is -1.52. The van der Waals surface area contributed by atoms with Crippen LogP contribution in [0.5, 0.6) is 17.2 Å². The van der Waals surface area contributed by atoms with Crippen LogP contribution in [0.25, 0.3) is 0 Å². The zero-order chi connectivity index (χ0) is 30.0. The Balaban J connectivity index is 2.15. The zero-order valence-corrected chi connectivity index (χ0v) is 22.9. The van der Waals surface area contributed by atoms with E-state index in [9.17, 15) is 33.5 Å². The molecule has 12 heteroatoms. The molecule has 0 aliphatic rings. The van der Waals surface area contributed by atoms with Crippen molar-refractivity contribution < 1.29 is 47.7 Å². The average Bonchev–Trinajstić information content (AvgIpc) is 2.89. The van der Waals surface area contributed by atoms with Crippen LogP contribution in [-0.4, -0.2) is 67.4 Å². The van der Waals surface area contributed by atoms with E-state index >= 15 is 0 Å². The van der Waals surface area contributed by atoms with E-state index < -0.39 is 60.4 Å². The molecule has 2 aromatic carbocycles. The second kappa shape index (κ2) is 14.6. The monoisotopic (exact) mass is 560 g/mol. The van der Waals surface area contributed by atoms with Gasteiger partial charge in [-0.3, -0.25) is 24.0 Å². The molecule has 2 rings (SSSR count). The predicted molar refractivity (Wildman–Crippen MR) is 141 cm³/mol. The highest BCUT2D eigenvalue weighted by molar-refractivity contribution is 5.96. The van der Waals surface area contributed by atoms with E-state index in [-0.39, 0.29) is 23.7 Å². The van der Waals surface area contributed by atoms with Crippen LogP contribution in [0.2, 0.25) is 0 Å². The smallest absolute Gasteiger partial charge is 0.305 e. The number of carbonyl (C=O) groups is 5. The van der Waals surface area contributed by atoms with Crippen LogP contribution in [0.3, 0.4) is 0 Å². The Morgan fingerprint density at radius 2 is 1.65 bits per heavy atom. The van der Waals surface area contributed by atoms with Gasteiger partial charge >= 0.3 is 5.97 Å². The molecule has 216 valence electrons. The topological polar surface area (TPSA) is 157 Å². The largest absolute Gasteiger partial charge is 0.496 e. The molecule has 0 aromatic heterocycles. The fourth-order valence-corrected chi connectivity index (χ4v) is 3.78. The third kappa shape index (κ3) is 8.79. The maximum Gasteiger partial charge on any atom is 0.305 e. The number of rotatable bonds is 15. The number of hydrogen-bond donors (Lipinski definition) is 3. The number of Topliss-reactive ketones (excluding diaryl/α,β-unsaturated/α-hetero) is 2. The predicted octanol–water partition coefficient (Wildman–Crippen LogP) is 2.34. The number of carboxylic acid groups (broad SMARTS) is 1. The number of carbonyl (C=O) groups excluding carboxylic acids is 4. The Bertz CT molecular complexity index is 1260. The van der Waals surface area contributed by atoms with Gasteiger partial charge in [0, 0.05) is 11.1 Å². The van der Waals surface area contributed by atoms with Crippen LogP contribution in [0.1, 0.15) is 43.1 Å². The Morgan fingerprint density at radius 3 is 2.23 bits per heavy atom. The van der Waals surface area contributed by atoms with E-state index in [0.29, 0.717) is 16.9 Å². The van der Waals surface area contributed by atoms with Crippen LogP contribution in [0.4, 0.5) is 4.39 Å². The fraction of sp³-hybridized carbons (Fsp3) is 0.393. The van der Waals surface area contributed by atoms with Crippen molar-refractivity contribution in [3.63, 3.8) is 0 Å². The SMILES string of the molecule is COc1ccc(C(C)=O)cc1CC(=O)N[C@H](C(=O)NC(CC(=O)O)C(=O)COc1c(F)cccc1OC)C(C)C. The van der Waals surface area contributed by atoms with Gasteiger partial charge in [0.15, 0.2) is 28.9 Å². The molecule has 0 aliphatic carbocycles. The number of benzene rings is 2. The lowest BCUT2D eigenvalue weighted by molar-refractivity contribution is -0.141. The number of nitrogens with one attached hydrogen (secondary N) is 2. The molecule has 0 heterocycles. The summed E-state index contributed by atoms with van der Waals surface area (Å²) in [7, 11) is 2.70. The quantitative estimate of drug-likeness (QED) is 0.278. The first-order valence-electron chi connectivity index (χ1n) is 12.3. The third-order valence-electron chi connectivity index (χ3n) is 5.90. The molecule has 0 radical (unpaired) electrons. The number of hydrogen-bond acceptors (Lipinski definition) is 8. The number of para-hydroxylation sites is 1. The maximum absolute atomic E-state index is 14.1. The number of methoxy groups -OCH3 is 2. The fourth-order valence-electron chi connectivity index (χ4n) is 3.78. The van der Waals surface area contributed by atoms with Crippen molar-refractivity contribution in [2.45, 2.75) is 45.7 Å². The Kier molecular flexibility index (Phi) is 11.6. The maximum atomic E-state index is 14.1. The second-order valence-electron chi connectivity index (χ2n) is 9.23. The van der Waals surface area contributed by atoms with Crippen LogP contribution in [0.15, 0.2) is 36.4 Å². The first-order chi connectivity index (χ1) is 18.9. The first kappa shape index (κ1) is 31.7. The molecule has 0 saturated carbocycles. The lowest BCUT2D eigenvalue weighted by Crippen LogP contribution is -2.54. The van der Waals surface area contributed by atoms with Gasteiger partial charge in [0.2, 0.25) is 11.8 Å². The highest BCUT2D eigenvalue weighted by atomic mass is 19.1. The molecular formula is C28H33FN2O9. The van der Waals surface area contributed by atoms with E-state index in [4.69, 9.17) is 14.2 Å². The number of halogens is 1. The van der Waals surface area contributed by atoms with Crippen molar-refractivity contribution in [3.05, 3.63) is 53.3 Å². The summed E-state index contributed by atoms with van der Waals surface area (Å²) in [6.07, 6.45) is -0.979. The summed E-state index contributed by atoms with van der Waals surface area (Å²) in [5.41, 5.74) is 0.808. The molecule has 40 heavy (non-hydrogen) atoms. The molecule has 1 unspecified atom stereocenters. The van der Waals surface area contributed by atoms with Crippen molar-refractivity contribution >= 4 is 29.4 Å². The van der Waals surface area contributed by atoms with Gasteiger partial charge in [0.05, 0.1) is 27.1 Å². The summed E-state index contributed by atoms with van der Waals surface area (Å²) < 4.78 is 29.7. The van der Waals surface area contributed by atoms with Crippen LogP contribution >= 0.6 is 0 Å².